The molecule has 1 aliphatic heterocycles. The van der Waals surface area contributed by atoms with E-state index in [1.54, 1.807) is 23.7 Å². The van der Waals surface area contributed by atoms with Crippen LogP contribution in [0.4, 0.5) is 0 Å². The van der Waals surface area contributed by atoms with Crippen molar-refractivity contribution >= 4 is 16.9 Å². The van der Waals surface area contributed by atoms with E-state index >= 15 is 0 Å². The Morgan fingerprint density at radius 3 is 2.96 bits per heavy atom. The van der Waals surface area contributed by atoms with Crippen molar-refractivity contribution in [3.63, 3.8) is 0 Å². The van der Waals surface area contributed by atoms with Gasteiger partial charge in [0.05, 0.1) is 23.3 Å². The molecule has 1 saturated heterocycles. The number of hydrogen-bond acceptors (Lipinski definition) is 3. The van der Waals surface area contributed by atoms with Crippen LogP contribution in [0.2, 0.25) is 0 Å². The number of aryl methyl sites for hydroxylation is 2. The van der Waals surface area contributed by atoms with Crippen LogP contribution in [-0.2, 0) is 7.05 Å². The minimum Gasteiger partial charge on any atom is -0.337 e. The zero-order chi connectivity index (χ0) is 17.6. The van der Waals surface area contributed by atoms with Crippen molar-refractivity contribution in [2.75, 3.05) is 13.1 Å². The van der Waals surface area contributed by atoms with Gasteiger partial charge in [-0.2, -0.15) is 5.10 Å². The van der Waals surface area contributed by atoms with E-state index in [1.165, 1.54) is 0 Å². The molecule has 2 aromatic heterocycles. The maximum absolute atomic E-state index is 12.9. The van der Waals surface area contributed by atoms with Crippen LogP contribution in [-0.4, -0.2) is 43.2 Å². The van der Waals surface area contributed by atoms with E-state index in [-0.39, 0.29) is 17.6 Å². The predicted octanol–water partition coefficient (Wildman–Crippen LogP) is 1.85. The number of fused-ring (bicyclic) bond motifs is 1. The van der Waals surface area contributed by atoms with Crippen LogP contribution >= 0.6 is 0 Å². The molecule has 0 saturated carbocycles. The summed E-state index contributed by atoms with van der Waals surface area (Å²) in [6, 6.07) is 5.59. The molecule has 3 aromatic rings. The normalized spacial score (nSPS) is 18.0. The van der Waals surface area contributed by atoms with Crippen molar-refractivity contribution in [2.45, 2.75) is 25.8 Å². The van der Waals surface area contributed by atoms with Gasteiger partial charge >= 0.3 is 5.69 Å². The minimum atomic E-state index is -0.174. The molecule has 7 heteroatoms. The topological polar surface area (TPSA) is 75.9 Å². The summed E-state index contributed by atoms with van der Waals surface area (Å²) in [6.07, 6.45) is 5.86. The van der Waals surface area contributed by atoms with Gasteiger partial charge in [0.15, 0.2) is 0 Å². The van der Waals surface area contributed by atoms with Gasteiger partial charge in [0.2, 0.25) is 0 Å². The number of nitrogens with one attached hydrogen (secondary N) is 1. The molecule has 4 rings (SSSR count). The van der Waals surface area contributed by atoms with Crippen molar-refractivity contribution < 1.29 is 4.79 Å². The molecule has 1 atom stereocenters. The quantitative estimate of drug-likeness (QED) is 0.774. The summed E-state index contributed by atoms with van der Waals surface area (Å²) in [6.45, 7) is 3.42. The van der Waals surface area contributed by atoms with Crippen molar-refractivity contribution in [3.8, 4) is 0 Å². The van der Waals surface area contributed by atoms with Gasteiger partial charge in [-0.05, 0) is 43.5 Å². The smallest absolute Gasteiger partial charge is 0.326 e. The minimum absolute atomic E-state index is 0.000167. The van der Waals surface area contributed by atoms with Gasteiger partial charge in [0, 0.05) is 31.9 Å². The standard InChI is InChI=1S/C18H21N5O2/c1-12-9-19-23(10-12)14-4-3-7-22(11-14)17(24)13-5-6-16-15(8-13)20-18(25)21(16)2/h5-6,8-10,14H,3-4,7,11H2,1-2H3,(H,20,25). The van der Waals surface area contributed by atoms with Crippen molar-refractivity contribution in [1.82, 2.24) is 24.2 Å². The lowest BCUT2D eigenvalue weighted by atomic mass is 10.0. The number of hydrogen-bond donors (Lipinski definition) is 1. The average molecular weight is 339 g/mol. The van der Waals surface area contributed by atoms with Gasteiger partial charge in [-0.1, -0.05) is 0 Å². The fourth-order valence-corrected chi connectivity index (χ4v) is 3.54. The number of amides is 1. The highest BCUT2D eigenvalue weighted by Gasteiger charge is 2.26. The number of imidazole rings is 1. The summed E-state index contributed by atoms with van der Waals surface area (Å²) in [5.74, 6) is 0.000167. The van der Waals surface area contributed by atoms with Crippen LogP contribution in [0.1, 0.15) is 34.8 Å². The SMILES string of the molecule is Cc1cnn(C2CCCN(C(=O)c3ccc4c(c3)[nH]c(=O)n4C)C2)c1. The zero-order valence-corrected chi connectivity index (χ0v) is 14.4. The molecule has 0 aliphatic carbocycles. The number of rotatable bonds is 2. The molecule has 1 amide bonds. The fourth-order valence-electron chi connectivity index (χ4n) is 3.54. The average Bonchev–Trinajstić information content (AvgIpc) is 3.18. The molecule has 0 spiro atoms. The van der Waals surface area contributed by atoms with E-state index in [2.05, 4.69) is 10.1 Å². The highest BCUT2D eigenvalue weighted by molar-refractivity contribution is 5.97. The molecule has 1 N–H and O–H groups in total. The number of carbonyl (C=O) groups excluding carboxylic acids is 1. The van der Waals surface area contributed by atoms with Crippen molar-refractivity contribution in [1.29, 1.82) is 0 Å². The third-order valence-corrected chi connectivity index (χ3v) is 4.94. The summed E-state index contributed by atoms with van der Waals surface area (Å²) in [5.41, 5.74) is 3.04. The summed E-state index contributed by atoms with van der Waals surface area (Å²) >= 11 is 0. The van der Waals surface area contributed by atoms with E-state index in [4.69, 9.17) is 0 Å². The molecular formula is C18H21N5O2. The Kier molecular flexibility index (Phi) is 3.71. The van der Waals surface area contributed by atoms with E-state index in [1.807, 2.05) is 35.0 Å². The molecule has 1 aliphatic rings. The van der Waals surface area contributed by atoms with Crippen LogP contribution in [0.15, 0.2) is 35.4 Å². The molecule has 3 heterocycles. The maximum atomic E-state index is 12.9. The molecule has 0 radical (unpaired) electrons. The summed E-state index contributed by atoms with van der Waals surface area (Å²) in [5, 5.41) is 4.40. The number of carbonyl (C=O) groups is 1. The maximum Gasteiger partial charge on any atom is 0.326 e. The third-order valence-electron chi connectivity index (χ3n) is 4.94. The Bertz CT molecular complexity index is 996. The van der Waals surface area contributed by atoms with Crippen LogP contribution in [0, 0.1) is 6.92 Å². The number of aromatic amines is 1. The van der Waals surface area contributed by atoms with Gasteiger partial charge in [0.1, 0.15) is 0 Å². The molecule has 7 nitrogen and oxygen atoms in total. The Balaban J connectivity index is 1.58. The Morgan fingerprint density at radius 2 is 2.20 bits per heavy atom. The second kappa shape index (κ2) is 5.91. The zero-order valence-electron chi connectivity index (χ0n) is 14.4. The highest BCUT2D eigenvalue weighted by Crippen LogP contribution is 2.23. The molecular weight excluding hydrogens is 318 g/mol. The highest BCUT2D eigenvalue weighted by atomic mass is 16.2. The fraction of sp³-hybridized carbons (Fsp3) is 0.389. The molecule has 1 aromatic carbocycles. The molecule has 1 unspecified atom stereocenters. The van der Waals surface area contributed by atoms with Gasteiger partial charge in [-0.15, -0.1) is 0 Å². The van der Waals surface area contributed by atoms with Crippen LogP contribution < -0.4 is 5.69 Å². The Hall–Kier alpha value is -2.83. The van der Waals surface area contributed by atoms with Crippen LogP contribution in [0.3, 0.4) is 0 Å². The van der Waals surface area contributed by atoms with E-state index in [9.17, 15) is 9.59 Å². The molecule has 25 heavy (non-hydrogen) atoms. The van der Waals surface area contributed by atoms with Gasteiger partial charge in [-0.3, -0.25) is 14.0 Å². The number of likely N-dealkylation sites (tertiary alicyclic amines) is 1. The second-order valence-corrected chi connectivity index (χ2v) is 6.77. The lowest BCUT2D eigenvalue weighted by Crippen LogP contribution is -2.40. The lowest BCUT2D eigenvalue weighted by Gasteiger charge is -2.33. The first kappa shape index (κ1) is 15.7. The van der Waals surface area contributed by atoms with Gasteiger partial charge in [0.25, 0.3) is 5.91 Å². The number of benzene rings is 1. The summed E-state index contributed by atoms with van der Waals surface area (Å²) < 4.78 is 3.51. The van der Waals surface area contributed by atoms with Crippen LogP contribution in [0.25, 0.3) is 11.0 Å². The summed E-state index contributed by atoms with van der Waals surface area (Å²) in [7, 11) is 1.71. The second-order valence-electron chi connectivity index (χ2n) is 6.77. The Labute approximate surface area is 144 Å². The van der Waals surface area contributed by atoms with Gasteiger partial charge < -0.3 is 9.88 Å². The number of piperidine rings is 1. The first-order valence-electron chi connectivity index (χ1n) is 8.52. The van der Waals surface area contributed by atoms with Crippen molar-refractivity contribution in [3.05, 3.63) is 52.2 Å². The molecule has 1 fully saturated rings. The lowest BCUT2D eigenvalue weighted by molar-refractivity contribution is 0.0673. The Morgan fingerprint density at radius 1 is 1.36 bits per heavy atom. The number of aromatic nitrogens is 4. The number of H-pyrrole nitrogens is 1. The van der Waals surface area contributed by atoms with E-state index in [0.717, 1.165) is 30.5 Å². The van der Waals surface area contributed by atoms with E-state index in [0.29, 0.717) is 17.6 Å². The third kappa shape index (κ3) is 2.75. The van der Waals surface area contributed by atoms with Gasteiger partial charge in [-0.25, -0.2) is 4.79 Å². The molecule has 130 valence electrons. The van der Waals surface area contributed by atoms with E-state index < -0.39 is 0 Å². The summed E-state index contributed by atoms with van der Waals surface area (Å²) in [4.78, 5) is 29.3. The number of nitrogens with zero attached hydrogens (tertiary/aromatic N) is 4. The first-order valence-corrected chi connectivity index (χ1v) is 8.52. The molecule has 0 bridgehead atoms. The predicted molar refractivity (Wildman–Crippen MR) is 94.7 cm³/mol. The largest absolute Gasteiger partial charge is 0.337 e. The van der Waals surface area contributed by atoms with Crippen molar-refractivity contribution in [2.24, 2.45) is 7.05 Å². The monoisotopic (exact) mass is 339 g/mol. The van der Waals surface area contributed by atoms with Crippen LogP contribution in [0.5, 0.6) is 0 Å². The first-order chi connectivity index (χ1) is 12.0.